The molecule has 0 atom stereocenters. The minimum absolute atomic E-state index is 0.416. The largest absolute Gasteiger partial charge is 0.368 e. The molecule has 1 N–H and O–H groups in total. The van der Waals surface area contributed by atoms with E-state index in [-0.39, 0.29) is 0 Å². The number of benzene rings is 1. The molecule has 0 saturated heterocycles. The number of hydrogen-bond donors (Lipinski definition) is 1. The number of nitrogens with one attached hydrogen (secondary N) is 1. The molecular weight excluding hydrogens is 184 g/mol. The first-order valence-electron chi connectivity index (χ1n) is 5.30. The van der Waals surface area contributed by atoms with Gasteiger partial charge >= 0.3 is 0 Å². The van der Waals surface area contributed by atoms with Crippen LogP contribution in [0.2, 0.25) is 0 Å². The van der Waals surface area contributed by atoms with E-state index in [1.165, 1.54) is 10.9 Å². The molecule has 0 radical (unpaired) electrons. The van der Waals surface area contributed by atoms with Crippen molar-refractivity contribution in [1.29, 1.82) is 0 Å². The Morgan fingerprint density at radius 1 is 1.13 bits per heavy atom. The summed E-state index contributed by atoms with van der Waals surface area (Å²) in [4.78, 5) is 4.57. The van der Waals surface area contributed by atoms with Crippen molar-refractivity contribution in [3.8, 4) is 0 Å². The zero-order valence-corrected chi connectivity index (χ0v) is 9.41. The van der Waals surface area contributed by atoms with E-state index in [9.17, 15) is 0 Å². The molecule has 1 heterocycles. The van der Waals surface area contributed by atoms with Crippen LogP contribution in [0.1, 0.15) is 19.4 Å². The lowest BCUT2D eigenvalue weighted by Crippen LogP contribution is -2.10. The SMILES string of the molecule is Cc1cccc2nc(NC(C)C)ccc12. The number of hydrogen-bond acceptors (Lipinski definition) is 2. The van der Waals surface area contributed by atoms with Gasteiger partial charge in [-0.15, -0.1) is 0 Å². The molecule has 0 bridgehead atoms. The van der Waals surface area contributed by atoms with Crippen LogP contribution in [-0.4, -0.2) is 11.0 Å². The molecule has 1 aromatic heterocycles. The van der Waals surface area contributed by atoms with Gasteiger partial charge in [-0.2, -0.15) is 0 Å². The lowest BCUT2D eigenvalue weighted by molar-refractivity contribution is 0.891. The van der Waals surface area contributed by atoms with Crippen LogP contribution in [0.25, 0.3) is 10.9 Å². The number of aromatic nitrogens is 1. The first kappa shape index (κ1) is 9.97. The molecule has 0 aliphatic rings. The fourth-order valence-electron chi connectivity index (χ4n) is 1.68. The summed E-state index contributed by atoms with van der Waals surface area (Å²) in [5.74, 6) is 0.947. The van der Waals surface area contributed by atoms with Gasteiger partial charge in [-0.05, 0) is 44.5 Å². The summed E-state index contributed by atoms with van der Waals surface area (Å²) in [5.41, 5.74) is 2.33. The highest BCUT2D eigenvalue weighted by molar-refractivity contribution is 5.83. The highest BCUT2D eigenvalue weighted by Crippen LogP contribution is 2.18. The van der Waals surface area contributed by atoms with Crippen molar-refractivity contribution >= 4 is 16.7 Å². The molecule has 78 valence electrons. The van der Waals surface area contributed by atoms with Crippen LogP contribution in [0.3, 0.4) is 0 Å². The van der Waals surface area contributed by atoms with Crippen LogP contribution < -0.4 is 5.32 Å². The first-order chi connectivity index (χ1) is 7.16. The predicted octanol–water partition coefficient (Wildman–Crippen LogP) is 3.36. The Bertz CT molecular complexity index is 475. The third-order valence-corrected chi connectivity index (χ3v) is 2.39. The van der Waals surface area contributed by atoms with Crippen LogP contribution in [0, 0.1) is 6.92 Å². The Balaban J connectivity index is 2.48. The lowest BCUT2D eigenvalue weighted by Gasteiger charge is -2.10. The van der Waals surface area contributed by atoms with E-state index in [1.807, 2.05) is 18.2 Å². The topological polar surface area (TPSA) is 24.9 Å². The number of rotatable bonds is 2. The van der Waals surface area contributed by atoms with Gasteiger partial charge in [0.05, 0.1) is 5.52 Å². The van der Waals surface area contributed by atoms with Gasteiger partial charge in [0.15, 0.2) is 0 Å². The second-order valence-electron chi connectivity index (χ2n) is 4.14. The smallest absolute Gasteiger partial charge is 0.126 e. The third kappa shape index (κ3) is 2.09. The monoisotopic (exact) mass is 200 g/mol. The molecule has 0 spiro atoms. The Hall–Kier alpha value is -1.57. The van der Waals surface area contributed by atoms with E-state index in [4.69, 9.17) is 0 Å². The molecule has 0 amide bonds. The summed E-state index contributed by atoms with van der Waals surface area (Å²) in [7, 11) is 0. The van der Waals surface area contributed by atoms with Crippen molar-refractivity contribution in [2.75, 3.05) is 5.32 Å². The summed E-state index contributed by atoms with van der Waals surface area (Å²) >= 11 is 0. The van der Waals surface area contributed by atoms with Crippen molar-refractivity contribution in [2.24, 2.45) is 0 Å². The second kappa shape index (κ2) is 3.89. The van der Waals surface area contributed by atoms with E-state index in [0.29, 0.717) is 6.04 Å². The molecule has 0 saturated carbocycles. The maximum absolute atomic E-state index is 4.57. The number of pyridine rings is 1. The van der Waals surface area contributed by atoms with Gasteiger partial charge in [-0.25, -0.2) is 4.98 Å². The van der Waals surface area contributed by atoms with Crippen LogP contribution >= 0.6 is 0 Å². The molecule has 0 aliphatic heterocycles. The minimum Gasteiger partial charge on any atom is -0.368 e. The maximum Gasteiger partial charge on any atom is 0.126 e. The molecule has 2 heteroatoms. The van der Waals surface area contributed by atoms with E-state index in [2.05, 4.69) is 43.2 Å². The van der Waals surface area contributed by atoms with Crippen molar-refractivity contribution in [3.63, 3.8) is 0 Å². The number of aryl methyl sites for hydroxylation is 1. The van der Waals surface area contributed by atoms with Crippen molar-refractivity contribution in [1.82, 2.24) is 4.98 Å². The Labute approximate surface area is 90.3 Å². The van der Waals surface area contributed by atoms with E-state index >= 15 is 0 Å². The molecule has 1 aromatic carbocycles. The molecule has 2 aromatic rings. The number of nitrogens with zero attached hydrogens (tertiary/aromatic N) is 1. The molecule has 0 aliphatic carbocycles. The van der Waals surface area contributed by atoms with Gasteiger partial charge in [0.2, 0.25) is 0 Å². The minimum atomic E-state index is 0.416. The standard InChI is InChI=1S/C13H16N2/c1-9(2)14-13-8-7-11-10(3)5-4-6-12(11)15-13/h4-9H,1-3H3,(H,14,15). The molecule has 0 fully saturated rings. The van der Waals surface area contributed by atoms with E-state index in [1.54, 1.807) is 0 Å². The highest BCUT2D eigenvalue weighted by atomic mass is 15.0. The van der Waals surface area contributed by atoms with Crippen LogP contribution in [0.15, 0.2) is 30.3 Å². The van der Waals surface area contributed by atoms with Crippen molar-refractivity contribution in [2.45, 2.75) is 26.8 Å². The van der Waals surface area contributed by atoms with E-state index < -0.39 is 0 Å². The molecule has 15 heavy (non-hydrogen) atoms. The number of anilines is 1. The van der Waals surface area contributed by atoms with Gasteiger partial charge in [-0.3, -0.25) is 0 Å². The summed E-state index contributed by atoms with van der Waals surface area (Å²) in [6.07, 6.45) is 0. The molecule has 2 rings (SSSR count). The zero-order valence-electron chi connectivity index (χ0n) is 9.41. The van der Waals surface area contributed by atoms with Crippen LogP contribution in [-0.2, 0) is 0 Å². The zero-order chi connectivity index (χ0) is 10.8. The fraction of sp³-hybridized carbons (Fsp3) is 0.308. The normalized spacial score (nSPS) is 10.9. The Morgan fingerprint density at radius 3 is 2.67 bits per heavy atom. The maximum atomic E-state index is 4.57. The van der Waals surface area contributed by atoms with Crippen molar-refractivity contribution in [3.05, 3.63) is 35.9 Å². The summed E-state index contributed by atoms with van der Waals surface area (Å²) in [6.45, 7) is 6.34. The fourth-order valence-corrected chi connectivity index (χ4v) is 1.68. The van der Waals surface area contributed by atoms with Crippen LogP contribution in [0.5, 0.6) is 0 Å². The van der Waals surface area contributed by atoms with Gasteiger partial charge in [0, 0.05) is 11.4 Å². The van der Waals surface area contributed by atoms with Crippen LogP contribution in [0.4, 0.5) is 5.82 Å². The second-order valence-corrected chi connectivity index (χ2v) is 4.14. The quantitative estimate of drug-likeness (QED) is 0.804. The third-order valence-electron chi connectivity index (χ3n) is 2.39. The van der Waals surface area contributed by atoms with Gasteiger partial charge in [0.1, 0.15) is 5.82 Å². The predicted molar refractivity (Wildman–Crippen MR) is 65.2 cm³/mol. The van der Waals surface area contributed by atoms with E-state index in [0.717, 1.165) is 11.3 Å². The highest BCUT2D eigenvalue weighted by Gasteiger charge is 2.00. The summed E-state index contributed by atoms with van der Waals surface area (Å²) in [5, 5.41) is 4.53. The Morgan fingerprint density at radius 2 is 1.93 bits per heavy atom. The summed E-state index contributed by atoms with van der Waals surface area (Å²) < 4.78 is 0. The number of fused-ring (bicyclic) bond motifs is 1. The molecule has 0 unspecified atom stereocenters. The van der Waals surface area contributed by atoms with Crippen molar-refractivity contribution < 1.29 is 0 Å². The average Bonchev–Trinajstić information content (AvgIpc) is 2.17. The first-order valence-corrected chi connectivity index (χ1v) is 5.30. The molecule has 2 nitrogen and oxygen atoms in total. The average molecular weight is 200 g/mol. The summed E-state index contributed by atoms with van der Waals surface area (Å²) in [6, 6.07) is 10.8. The Kier molecular flexibility index (Phi) is 2.58. The molecular formula is C13H16N2. The van der Waals surface area contributed by atoms with Gasteiger partial charge in [-0.1, -0.05) is 12.1 Å². The lowest BCUT2D eigenvalue weighted by atomic mass is 10.1. The van der Waals surface area contributed by atoms with Gasteiger partial charge in [0.25, 0.3) is 0 Å². The van der Waals surface area contributed by atoms with Gasteiger partial charge < -0.3 is 5.32 Å².